The van der Waals surface area contributed by atoms with Crippen LogP contribution in [-0.2, 0) is 23.8 Å². The van der Waals surface area contributed by atoms with Crippen molar-refractivity contribution in [1.29, 1.82) is 0 Å². The highest BCUT2D eigenvalue weighted by molar-refractivity contribution is 5.67. The van der Waals surface area contributed by atoms with E-state index in [4.69, 9.17) is 9.15 Å². The number of halogens is 3. The maximum absolute atomic E-state index is 12.8. The van der Waals surface area contributed by atoms with Crippen molar-refractivity contribution in [3.05, 3.63) is 71.1 Å². The second kappa shape index (κ2) is 9.64. The molecule has 33 heavy (non-hydrogen) atoms. The predicted molar refractivity (Wildman–Crippen MR) is 117 cm³/mol. The molecule has 2 aromatic carbocycles. The fraction of sp³-hybridized carbons (Fsp3) is 0.375. The molecule has 0 saturated heterocycles. The SMILES string of the molecule is CN(CCc1nnc(-c2ccccc2Cc2ccc(C(F)(F)F)cc2)o1)C(=O)OC(C)(C)C. The van der Waals surface area contributed by atoms with Crippen LogP contribution in [0.15, 0.2) is 52.9 Å². The summed E-state index contributed by atoms with van der Waals surface area (Å²) in [5.41, 5.74) is 1.02. The Labute approximate surface area is 190 Å². The summed E-state index contributed by atoms with van der Waals surface area (Å²) in [5, 5.41) is 8.18. The second-order valence-electron chi connectivity index (χ2n) is 8.68. The lowest BCUT2D eigenvalue weighted by atomic mass is 9.99. The molecule has 0 saturated carbocycles. The standard InChI is InChI=1S/C24H26F3N3O3/c1-23(2,3)33-22(31)30(4)14-13-20-28-29-21(32-20)19-8-6-5-7-17(19)15-16-9-11-18(12-10-16)24(25,26)27/h5-12H,13-15H2,1-4H3. The molecular formula is C24H26F3N3O3. The van der Waals surface area contributed by atoms with Gasteiger partial charge in [0.1, 0.15) is 5.60 Å². The van der Waals surface area contributed by atoms with Crippen LogP contribution in [-0.4, -0.2) is 40.4 Å². The van der Waals surface area contributed by atoms with Crippen LogP contribution < -0.4 is 0 Å². The van der Waals surface area contributed by atoms with Crippen molar-refractivity contribution >= 4 is 6.09 Å². The molecule has 0 spiro atoms. The van der Waals surface area contributed by atoms with E-state index in [2.05, 4.69) is 10.2 Å². The number of alkyl halides is 3. The van der Waals surface area contributed by atoms with E-state index in [1.165, 1.54) is 17.0 Å². The van der Waals surface area contributed by atoms with Gasteiger partial charge in [-0.1, -0.05) is 30.3 Å². The zero-order valence-electron chi connectivity index (χ0n) is 18.9. The lowest BCUT2D eigenvalue weighted by Crippen LogP contribution is -2.35. The van der Waals surface area contributed by atoms with Crippen LogP contribution >= 0.6 is 0 Å². The van der Waals surface area contributed by atoms with Gasteiger partial charge in [-0.25, -0.2) is 4.79 Å². The van der Waals surface area contributed by atoms with Gasteiger partial charge in [0, 0.05) is 25.6 Å². The number of amides is 1. The lowest BCUT2D eigenvalue weighted by molar-refractivity contribution is -0.137. The van der Waals surface area contributed by atoms with Crippen LogP contribution in [0.5, 0.6) is 0 Å². The van der Waals surface area contributed by atoms with Crippen molar-refractivity contribution in [3.63, 3.8) is 0 Å². The van der Waals surface area contributed by atoms with Crippen molar-refractivity contribution < 1.29 is 27.1 Å². The molecule has 1 amide bonds. The topological polar surface area (TPSA) is 68.5 Å². The molecule has 1 heterocycles. The number of hydrogen-bond donors (Lipinski definition) is 0. The van der Waals surface area contributed by atoms with Crippen LogP contribution in [0.3, 0.4) is 0 Å². The van der Waals surface area contributed by atoms with Crippen molar-refractivity contribution in [2.24, 2.45) is 0 Å². The average Bonchev–Trinajstić information content (AvgIpc) is 3.20. The Balaban J connectivity index is 1.69. The molecule has 0 aliphatic heterocycles. The highest BCUT2D eigenvalue weighted by Crippen LogP contribution is 2.30. The van der Waals surface area contributed by atoms with E-state index in [1.807, 2.05) is 24.3 Å². The van der Waals surface area contributed by atoms with Crippen LogP contribution in [0, 0.1) is 0 Å². The van der Waals surface area contributed by atoms with E-state index in [1.54, 1.807) is 27.8 Å². The maximum atomic E-state index is 12.8. The van der Waals surface area contributed by atoms with Crippen molar-refractivity contribution in [3.8, 4) is 11.5 Å². The third-order valence-electron chi connectivity index (χ3n) is 4.76. The van der Waals surface area contributed by atoms with Gasteiger partial charge < -0.3 is 14.1 Å². The molecule has 0 unspecified atom stereocenters. The summed E-state index contributed by atoms with van der Waals surface area (Å²) in [6.45, 7) is 5.73. The minimum atomic E-state index is -4.37. The van der Waals surface area contributed by atoms with Crippen LogP contribution in [0.25, 0.3) is 11.5 Å². The minimum Gasteiger partial charge on any atom is -0.444 e. The van der Waals surface area contributed by atoms with Gasteiger partial charge in [0.05, 0.1) is 5.56 Å². The highest BCUT2D eigenvalue weighted by atomic mass is 19.4. The monoisotopic (exact) mass is 461 g/mol. The summed E-state index contributed by atoms with van der Waals surface area (Å²) in [4.78, 5) is 13.5. The molecular weight excluding hydrogens is 435 g/mol. The molecule has 0 atom stereocenters. The normalized spacial score (nSPS) is 12.0. The fourth-order valence-corrected chi connectivity index (χ4v) is 3.07. The predicted octanol–water partition coefficient (Wildman–Crippen LogP) is 5.76. The van der Waals surface area contributed by atoms with Gasteiger partial charge in [-0.05, 0) is 56.5 Å². The molecule has 1 aromatic heterocycles. The first-order chi connectivity index (χ1) is 15.4. The van der Waals surface area contributed by atoms with Gasteiger partial charge in [-0.15, -0.1) is 10.2 Å². The third-order valence-corrected chi connectivity index (χ3v) is 4.76. The second-order valence-corrected chi connectivity index (χ2v) is 8.68. The van der Waals surface area contributed by atoms with Gasteiger partial charge in [-0.2, -0.15) is 13.2 Å². The van der Waals surface area contributed by atoms with E-state index in [9.17, 15) is 18.0 Å². The van der Waals surface area contributed by atoms with Crippen molar-refractivity contribution in [2.45, 2.75) is 45.4 Å². The number of aromatic nitrogens is 2. The number of nitrogens with zero attached hydrogens (tertiary/aromatic N) is 3. The summed E-state index contributed by atoms with van der Waals surface area (Å²) in [6.07, 6.45) is -4.05. The zero-order chi connectivity index (χ0) is 24.2. The fourth-order valence-electron chi connectivity index (χ4n) is 3.07. The first kappa shape index (κ1) is 24.3. The first-order valence-corrected chi connectivity index (χ1v) is 10.4. The summed E-state index contributed by atoms with van der Waals surface area (Å²) in [6, 6.07) is 12.4. The maximum Gasteiger partial charge on any atom is 0.416 e. The quantitative estimate of drug-likeness (QED) is 0.467. The molecule has 176 valence electrons. The van der Waals surface area contributed by atoms with E-state index >= 15 is 0 Å². The number of ether oxygens (including phenoxy) is 1. The number of carbonyl (C=O) groups is 1. The van der Waals surface area contributed by atoms with Crippen LogP contribution in [0.1, 0.15) is 43.4 Å². The Bertz CT molecular complexity index is 1090. The summed E-state index contributed by atoms with van der Waals surface area (Å²) >= 11 is 0. The Morgan fingerprint density at radius 3 is 2.33 bits per heavy atom. The van der Waals surface area contributed by atoms with Crippen LogP contribution in [0.2, 0.25) is 0 Å². The van der Waals surface area contributed by atoms with Gasteiger partial charge in [-0.3, -0.25) is 0 Å². The lowest BCUT2D eigenvalue weighted by Gasteiger charge is -2.24. The van der Waals surface area contributed by atoms with Crippen molar-refractivity contribution in [1.82, 2.24) is 15.1 Å². The van der Waals surface area contributed by atoms with Gasteiger partial charge >= 0.3 is 12.3 Å². The molecule has 0 aliphatic rings. The molecule has 6 nitrogen and oxygen atoms in total. The third kappa shape index (κ3) is 6.81. The Morgan fingerprint density at radius 1 is 1.03 bits per heavy atom. The number of benzene rings is 2. The Kier molecular flexibility index (Phi) is 7.09. The summed E-state index contributed by atoms with van der Waals surface area (Å²) in [5.74, 6) is 0.678. The summed E-state index contributed by atoms with van der Waals surface area (Å²) in [7, 11) is 1.63. The average molecular weight is 461 g/mol. The number of hydrogen-bond acceptors (Lipinski definition) is 5. The smallest absolute Gasteiger partial charge is 0.416 e. The molecule has 0 aliphatic carbocycles. The molecule has 3 rings (SSSR count). The number of carbonyl (C=O) groups excluding carboxylic acids is 1. The number of rotatable bonds is 6. The zero-order valence-corrected chi connectivity index (χ0v) is 18.9. The highest BCUT2D eigenvalue weighted by Gasteiger charge is 2.30. The first-order valence-electron chi connectivity index (χ1n) is 10.4. The van der Waals surface area contributed by atoms with Gasteiger partial charge in [0.25, 0.3) is 0 Å². The van der Waals surface area contributed by atoms with E-state index in [0.29, 0.717) is 36.7 Å². The molecule has 0 radical (unpaired) electrons. The molecule has 9 heteroatoms. The Morgan fingerprint density at radius 2 is 1.70 bits per heavy atom. The number of likely N-dealkylation sites (N-methyl/N-ethyl adjacent to an activating group) is 1. The van der Waals surface area contributed by atoms with Gasteiger partial charge in [0.15, 0.2) is 0 Å². The Hall–Kier alpha value is -3.36. The van der Waals surface area contributed by atoms with E-state index < -0.39 is 23.4 Å². The minimum absolute atomic E-state index is 0.312. The van der Waals surface area contributed by atoms with E-state index in [-0.39, 0.29) is 0 Å². The molecule has 0 bridgehead atoms. The van der Waals surface area contributed by atoms with Crippen LogP contribution in [0.4, 0.5) is 18.0 Å². The summed E-state index contributed by atoms with van der Waals surface area (Å²) < 4.78 is 49.5. The molecule has 0 N–H and O–H groups in total. The van der Waals surface area contributed by atoms with Crippen molar-refractivity contribution in [2.75, 3.05) is 13.6 Å². The molecule has 0 fully saturated rings. The largest absolute Gasteiger partial charge is 0.444 e. The van der Waals surface area contributed by atoms with Gasteiger partial charge in [0.2, 0.25) is 11.8 Å². The molecule has 3 aromatic rings. The van der Waals surface area contributed by atoms with E-state index in [0.717, 1.165) is 23.3 Å².